The first-order valence-corrected chi connectivity index (χ1v) is 6.08. The average molecular weight is 256 g/mol. The lowest BCUT2D eigenvalue weighted by atomic mass is 10.2. The molecule has 2 atom stereocenters. The van der Waals surface area contributed by atoms with Crippen LogP contribution in [0.2, 0.25) is 0 Å². The molecule has 1 fully saturated rings. The van der Waals surface area contributed by atoms with E-state index in [9.17, 15) is 9.59 Å². The molecule has 2 N–H and O–H groups in total. The third-order valence-electron chi connectivity index (χ3n) is 2.51. The molecule has 2 heterocycles. The molecular weight excluding hydrogens is 244 g/mol. The largest absolute Gasteiger partial charge is 0.479 e. The molecule has 0 spiro atoms. The van der Waals surface area contributed by atoms with Crippen molar-refractivity contribution in [2.45, 2.75) is 31.6 Å². The van der Waals surface area contributed by atoms with E-state index in [0.29, 0.717) is 19.4 Å². The first-order chi connectivity index (χ1) is 8.16. The van der Waals surface area contributed by atoms with Gasteiger partial charge in [-0.25, -0.2) is 4.79 Å². The fraction of sp³-hybridized carbons (Fsp3) is 0.500. The fourth-order valence-electron chi connectivity index (χ4n) is 1.63. The first kappa shape index (κ1) is 12.0. The number of carbonyl (C=O) groups is 2. The van der Waals surface area contributed by atoms with Gasteiger partial charge in [-0.1, -0.05) is 0 Å². The number of aliphatic carboxylic acids is 1. The molecule has 1 aromatic rings. The maximum absolute atomic E-state index is 11.7. The van der Waals surface area contributed by atoms with Crippen LogP contribution in [0.25, 0.3) is 0 Å². The molecular formula is C10H12N2O4S. The van der Waals surface area contributed by atoms with Crippen LogP contribution in [0.1, 0.15) is 17.7 Å². The summed E-state index contributed by atoms with van der Waals surface area (Å²) in [7, 11) is 0. The quantitative estimate of drug-likeness (QED) is 0.813. The molecule has 1 aromatic heterocycles. The Balaban J connectivity index is 1.79. The molecule has 0 aliphatic carbocycles. The monoisotopic (exact) mass is 256 g/mol. The van der Waals surface area contributed by atoms with E-state index >= 15 is 0 Å². The van der Waals surface area contributed by atoms with Crippen molar-refractivity contribution in [3.8, 4) is 0 Å². The Kier molecular flexibility index (Phi) is 3.70. The van der Waals surface area contributed by atoms with Gasteiger partial charge in [-0.15, -0.1) is 11.3 Å². The van der Waals surface area contributed by atoms with Gasteiger partial charge in [0.25, 0.3) is 0 Å². The van der Waals surface area contributed by atoms with Crippen LogP contribution < -0.4 is 5.32 Å². The second kappa shape index (κ2) is 5.24. The SMILES string of the molecule is O=C(NCc1cncs1)[C@@H]1CC[C@H](C(=O)O)O1. The minimum atomic E-state index is -1.01. The van der Waals surface area contributed by atoms with E-state index in [2.05, 4.69) is 10.3 Å². The van der Waals surface area contributed by atoms with Crippen molar-refractivity contribution >= 4 is 23.2 Å². The van der Waals surface area contributed by atoms with Gasteiger partial charge in [0, 0.05) is 11.1 Å². The maximum atomic E-state index is 11.7. The van der Waals surface area contributed by atoms with Crippen LogP contribution in [-0.4, -0.2) is 34.2 Å². The van der Waals surface area contributed by atoms with Crippen molar-refractivity contribution in [3.05, 3.63) is 16.6 Å². The molecule has 0 saturated carbocycles. The number of carboxylic acid groups (broad SMARTS) is 1. The Hall–Kier alpha value is -1.47. The average Bonchev–Trinajstić information content (AvgIpc) is 2.96. The number of ether oxygens (including phenoxy) is 1. The molecule has 6 nitrogen and oxygen atoms in total. The number of nitrogens with one attached hydrogen (secondary N) is 1. The lowest BCUT2D eigenvalue weighted by molar-refractivity contribution is -0.151. The van der Waals surface area contributed by atoms with E-state index in [4.69, 9.17) is 9.84 Å². The highest BCUT2D eigenvalue weighted by molar-refractivity contribution is 7.09. The van der Waals surface area contributed by atoms with Gasteiger partial charge in [0.2, 0.25) is 5.91 Å². The molecule has 1 aliphatic rings. The number of carboxylic acids is 1. The Bertz CT molecular complexity index is 406. The van der Waals surface area contributed by atoms with Crippen molar-refractivity contribution < 1.29 is 19.4 Å². The third-order valence-corrected chi connectivity index (χ3v) is 3.29. The number of rotatable bonds is 4. The van der Waals surface area contributed by atoms with E-state index in [1.165, 1.54) is 11.3 Å². The van der Waals surface area contributed by atoms with Gasteiger partial charge >= 0.3 is 5.97 Å². The summed E-state index contributed by atoms with van der Waals surface area (Å²) in [4.78, 5) is 27.2. The van der Waals surface area contributed by atoms with Crippen molar-refractivity contribution in [1.82, 2.24) is 10.3 Å². The molecule has 1 aliphatic heterocycles. The minimum Gasteiger partial charge on any atom is -0.479 e. The van der Waals surface area contributed by atoms with Gasteiger partial charge < -0.3 is 15.2 Å². The molecule has 0 aromatic carbocycles. The molecule has 1 saturated heterocycles. The summed E-state index contributed by atoms with van der Waals surface area (Å²) in [6.07, 6.45) is 1.01. The fourth-order valence-corrected chi connectivity index (χ4v) is 2.16. The third kappa shape index (κ3) is 3.01. The minimum absolute atomic E-state index is 0.262. The van der Waals surface area contributed by atoms with Gasteiger partial charge in [-0.2, -0.15) is 0 Å². The van der Waals surface area contributed by atoms with E-state index in [1.807, 2.05) is 0 Å². The zero-order valence-corrected chi connectivity index (χ0v) is 9.77. The molecule has 0 radical (unpaired) electrons. The van der Waals surface area contributed by atoms with Crippen molar-refractivity contribution in [3.63, 3.8) is 0 Å². The van der Waals surface area contributed by atoms with Gasteiger partial charge in [0.05, 0.1) is 12.1 Å². The zero-order valence-electron chi connectivity index (χ0n) is 8.96. The van der Waals surface area contributed by atoms with E-state index < -0.39 is 18.2 Å². The predicted molar refractivity (Wildman–Crippen MR) is 59.5 cm³/mol. The summed E-state index contributed by atoms with van der Waals surface area (Å²) in [5.41, 5.74) is 1.69. The molecule has 0 bridgehead atoms. The predicted octanol–water partition coefficient (Wildman–Crippen LogP) is 0.391. The van der Waals surface area contributed by atoms with Crippen LogP contribution in [0.15, 0.2) is 11.7 Å². The number of hydrogen-bond acceptors (Lipinski definition) is 5. The second-order valence-electron chi connectivity index (χ2n) is 3.71. The van der Waals surface area contributed by atoms with Gasteiger partial charge in [-0.05, 0) is 12.8 Å². The van der Waals surface area contributed by atoms with Crippen LogP contribution >= 0.6 is 11.3 Å². The van der Waals surface area contributed by atoms with Gasteiger partial charge in [-0.3, -0.25) is 9.78 Å². The maximum Gasteiger partial charge on any atom is 0.332 e. The molecule has 92 valence electrons. The van der Waals surface area contributed by atoms with Crippen LogP contribution in [0.5, 0.6) is 0 Å². The second-order valence-corrected chi connectivity index (χ2v) is 4.69. The lowest BCUT2D eigenvalue weighted by Gasteiger charge is -2.10. The highest BCUT2D eigenvalue weighted by Gasteiger charge is 2.34. The standard InChI is InChI=1S/C10H12N2O4S/c13-9(12-4-6-3-11-5-17-6)7-1-2-8(16-7)10(14)15/h3,5,7-8H,1-2,4H2,(H,12,13)(H,14,15)/t7-,8+/m0/s1. The summed E-state index contributed by atoms with van der Waals surface area (Å²) < 4.78 is 5.13. The Labute approximate surface area is 102 Å². The number of aromatic nitrogens is 1. The molecule has 2 rings (SSSR count). The van der Waals surface area contributed by atoms with Crippen LogP contribution in [0.3, 0.4) is 0 Å². The number of hydrogen-bond donors (Lipinski definition) is 2. The van der Waals surface area contributed by atoms with Crippen LogP contribution in [-0.2, 0) is 20.9 Å². The Morgan fingerprint density at radius 1 is 1.53 bits per heavy atom. The van der Waals surface area contributed by atoms with E-state index in [-0.39, 0.29) is 5.91 Å². The summed E-state index contributed by atoms with van der Waals surface area (Å²) in [6.45, 7) is 0.404. The summed E-state index contributed by atoms with van der Waals surface area (Å²) >= 11 is 1.45. The first-order valence-electron chi connectivity index (χ1n) is 5.20. The van der Waals surface area contributed by atoms with E-state index in [0.717, 1.165) is 4.88 Å². The van der Waals surface area contributed by atoms with Gasteiger partial charge in [0.15, 0.2) is 6.10 Å². The highest BCUT2D eigenvalue weighted by atomic mass is 32.1. The molecule has 1 amide bonds. The van der Waals surface area contributed by atoms with Gasteiger partial charge in [0.1, 0.15) is 6.10 Å². The zero-order chi connectivity index (χ0) is 12.3. The van der Waals surface area contributed by atoms with Crippen molar-refractivity contribution in [2.75, 3.05) is 0 Å². The number of nitrogens with zero attached hydrogens (tertiary/aromatic N) is 1. The Morgan fingerprint density at radius 3 is 2.88 bits per heavy atom. The lowest BCUT2D eigenvalue weighted by Crippen LogP contribution is -2.35. The topological polar surface area (TPSA) is 88.5 Å². The molecule has 0 unspecified atom stereocenters. The van der Waals surface area contributed by atoms with Crippen LogP contribution in [0.4, 0.5) is 0 Å². The summed E-state index contributed by atoms with van der Waals surface area (Å²) in [6, 6.07) is 0. The molecule has 7 heteroatoms. The van der Waals surface area contributed by atoms with Crippen molar-refractivity contribution in [1.29, 1.82) is 0 Å². The van der Waals surface area contributed by atoms with Crippen molar-refractivity contribution in [2.24, 2.45) is 0 Å². The van der Waals surface area contributed by atoms with Crippen LogP contribution in [0, 0.1) is 0 Å². The van der Waals surface area contributed by atoms with E-state index in [1.54, 1.807) is 11.7 Å². The number of thiazole rings is 1. The smallest absolute Gasteiger partial charge is 0.332 e. The number of carbonyl (C=O) groups excluding carboxylic acids is 1. The Morgan fingerprint density at radius 2 is 2.29 bits per heavy atom. The summed E-state index contributed by atoms with van der Waals surface area (Å²) in [5, 5.41) is 11.4. The molecule has 17 heavy (non-hydrogen) atoms. The highest BCUT2D eigenvalue weighted by Crippen LogP contribution is 2.20. The summed E-state index contributed by atoms with van der Waals surface area (Å²) in [5.74, 6) is -1.27. The number of amides is 1. The normalized spacial score (nSPS) is 23.5.